The minimum Gasteiger partial charge on any atom is -0.379 e. The molecule has 0 aromatic carbocycles. The molecule has 1 saturated heterocycles. The highest BCUT2D eigenvalue weighted by atomic mass is 16.5. The number of ether oxygens (including phenoxy) is 1. The Kier molecular flexibility index (Phi) is 3.82. The van der Waals surface area contributed by atoms with Crippen molar-refractivity contribution in [2.45, 2.75) is 32.6 Å². The van der Waals surface area contributed by atoms with Gasteiger partial charge in [-0.15, -0.1) is 0 Å². The van der Waals surface area contributed by atoms with Crippen molar-refractivity contribution >= 4 is 0 Å². The van der Waals surface area contributed by atoms with Crippen molar-refractivity contribution in [3.8, 4) is 0 Å². The Hall–Kier alpha value is -0.0800. The predicted octanol–water partition coefficient (Wildman–Crippen LogP) is 2.14. The largest absolute Gasteiger partial charge is 0.379 e. The van der Waals surface area contributed by atoms with E-state index in [-0.39, 0.29) is 0 Å². The molecule has 2 heteroatoms. The zero-order valence-electron chi connectivity index (χ0n) is 9.37. The fourth-order valence-corrected chi connectivity index (χ4v) is 2.66. The maximum atomic E-state index is 5.36. The molecule has 2 rings (SSSR count). The van der Waals surface area contributed by atoms with Crippen molar-refractivity contribution in [2.75, 3.05) is 32.8 Å². The van der Waals surface area contributed by atoms with E-state index in [1.807, 2.05) is 0 Å². The van der Waals surface area contributed by atoms with E-state index in [1.165, 1.54) is 32.2 Å². The van der Waals surface area contributed by atoms with Crippen LogP contribution in [0.2, 0.25) is 0 Å². The number of morpholine rings is 1. The van der Waals surface area contributed by atoms with Crippen molar-refractivity contribution in [3.63, 3.8) is 0 Å². The topological polar surface area (TPSA) is 12.5 Å². The van der Waals surface area contributed by atoms with Crippen LogP contribution in [0.4, 0.5) is 0 Å². The van der Waals surface area contributed by atoms with E-state index in [0.717, 1.165) is 38.1 Å². The van der Waals surface area contributed by atoms with Crippen LogP contribution in [-0.4, -0.2) is 37.7 Å². The molecular weight excluding hydrogens is 174 g/mol. The standard InChI is InChI=1S/C12H23NO/c1-11-2-4-12(5-3-11)10-13-6-8-14-9-7-13/h11-12H,2-10H2,1H3. The second-order valence-corrected chi connectivity index (χ2v) is 5.04. The van der Waals surface area contributed by atoms with Gasteiger partial charge in [-0.25, -0.2) is 0 Å². The summed E-state index contributed by atoms with van der Waals surface area (Å²) in [7, 11) is 0. The van der Waals surface area contributed by atoms with Gasteiger partial charge in [-0.3, -0.25) is 4.90 Å². The van der Waals surface area contributed by atoms with Crippen LogP contribution in [0.3, 0.4) is 0 Å². The number of hydrogen-bond acceptors (Lipinski definition) is 2. The quantitative estimate of drug-likeness (QED) is 0.672. The van der Waals surface area contributed by atoms with E-state index in [9.17, 15) is 0 Å². The minimum absolute atomic E-state index is 0.948. The van der Waals surface area contributed by atoms with Crippen LogP contribution < -0.4 is 0 Å². The summed E-state index contributed by atoms with van der Waals surface area (Å²) < 4.78 is 5.36. The number of hydrogen-bond donors (Lipinski definition) is 0. The van der Waals surface area contributed by atoms with Gasteiger partial charge in [-0.1, -0.05) is 19.8 Å². The third-order valence-electron chi connectivity index (χ3n) is 3.76. The summed E-state index contributed by atoms with van der Waals surface area (Å²) in [5.74, 6) is 1.96. The molecule has 2 nitrogen and oxygen atoms in total. The second-order valence-electron chi connectivity index (χ2n) is 5.04. The maximum Gasteiger partial charge on any atom is 0.0594 e. The fraction of sp³-hybridized carbons (Fsp3) is 1.00. The van der Waals surface area contributed by atoms with Gasteiger partial charge in [0.15, 0.2) is 0 Å². The van der Waals surface area contributed by atoms with Crippen LogP contribution in [0, 0.1) is 11.8 Å². The van der Waals surface area contributed by atoms with Gasteiger partial charge in [0, 0.05) is 19.6 Å². The molecule has 1 aliphatic heterocycles. The minimum atomic E-state index is 0.948. The first-order valence-corrected chi connectivity index (χ1v) is 6.14. The van der Waals surface area contributed by atoms with Crippen LogP contribution in [0.1, 0.15) is 32.6 Å². The van der Waals surface area contributed by atoms with Crippen LogP contribution in [0.25, 0.3) is 0 Å². The van der Waals surface area contributed by atoms with Crippen molar-refractivity contribution in [2.24, 2.45) is 11.8 Å². The van der Waals surface area contributed by atoms with E-state index in [0.29, 0.717) is 0 Å². The molecule has 0 atom stereocenters. The van der Waals surface area contributed by atoms with Gasteiger partial charge in [-0.05, 0) is 24.7 Å². The first-order chi connectivity index (χ1) is 6.84. The van der Waals surface area contributed by atoms with Crippen molar-refractivity contribution in [1.29, 1.82) is 0 Å². The van der Waals surface area contributed by atoms with Gasteiger partial charge in [0.25, 0.3) is 0 Å². The molecule has 0 spiro atoms. The van der Waals surface area contributed by atoms with Crippen molar-refractivity contribution in [1.82, 2.24) is 4.90 Å². The average molecular weight is 197 g/mol. The molecule has 14 heavy (non-hydrogen) atoms. The van der Waals surface area contributed by atoms with Crippen LogP contribution in [0.5, 0.6) is 0 Å². The summed E-state index contributed by atoms with van der Waals surface area (Å²) in [5, 5.41) is 0. The van der Waals surface area contributed by atoms with Gasteiger partial charge >= 0.3 is 0 Å². The third-order valence-corrected chi connectivity index (χ3v) is 3.76. The second kappa shape index (κ2) is 5.13. The Balaban J connectivity index is 1.68. The molecule has 0 radical (unpaired) electrons. The SMILES string of the molecule is CC1CCC(CN2CCOCC2)CC1. The third kappa shape index (κ3) is 2.96. The van der Waals surface area contributed by atoms with E-state index in [4.69, 9.17) is 4.74 Å². The van der Waals surface area contributed by atoms with Crippen molar-refractivity contribution < 1.29 is 4.74 Å². The Morgan fingerprint density at radius 2 is 1.71 bits per heavy atom. The van der Waals surface area contributed by atoms with Crippen LogP contribution in [0.15, 0.2) is 0 Å². The Bertz CT molecular complexity index is 158. The highest BCUT2D eigenvalue weighted by Gasteiger charge is 2.21. The molecule has 1 saturated carbocycles. The lowest BCUT2D eigenvalue weighted by molar-refractivity contribution is 0.0267. The lowest BCUT2D eigenvalue weighted by Gasteiger charge is -2.33. The molecule has 0 bridgehead atoms. The van der Waals surface area contributed by atoms with Gasteiger partial charge in [0.1, 0.15) is 0 Å². The first-order valence-electron chi connectivity index (χ1n) is 6.14. The molecule has 2 fully saturated rings. The molecule has 82 valence electrons. The molecule has 0 aromatic rings. The lowest BCUT2D eigenvalue weighted by atomic mass is 9.83. The highest BCUT2D eigenvalue weighted by molar-refractivity contribution is 4.74. The molecule has 0 amide bonds. The Labute approximate surface area is 87.6 Å². The summed E-state index contributed by atoms with van der Waals surface area (Å²) in [5.41, 5.74) is 0. The van der Waals surface area contributed by atoms with Crippen LogP contribution in [-0.2, 0) is 4.74 Å². The molecule has 1 aliphatic carbocycles. The summed E-state index contributed by atoms with van der Waals surface area (Å²) in [4.78, 5) is 2.59. The van der Waals surface area contributed by atoms with E-state index < -0.39 is 0 Å². The van der Waals surface area contributed by atoms with Gasteiger partial charge in [-0.2, -0.15) is 0 Å². The number of rotatable bonds is 2. The maximum absolute atomic E-state index is 5.36. The normalized spacial score (nSPS) is 35.8. The molecule has 0 unspecified atom stereocenters. The van der Waals surface area contributed by atoms with E-state index in [1.54, 1.807) is 0 Å². The molecular formula is C12H23NO. The van der Waals surface area contributed by atoms with Gasteiger partial charge in [0.05, 0.1) is 13.2 Å². The molecule has 0 aromatic heterocycles. The zero-order chi connectivity index (χ0) is 9.80. The molecule has 0 N–H and O–H groups in total. The number of nitrogens with zero attached hydrogens (tertiary/aromatic N) is 1. The zero-order valence-corrected chi connectivity index (χ0v) is 9.37. The fourth-order valence-electron chi connectivity index (χ4n) is 2.66. The van der Waals surface area contributed by atoms with Gasteiger partial charge in [0.2, 0.25) is 0 Å². The summed E-state index contributed by atoms with van der Waals surface area (Å²) in [6.45, 7) is 7.94. The average Bonchev–Trinajstić information content (AvgIpc) is 2.23. The summed E-state index contributed by atoms with van der Waals surface area (Å²) >= 11 is 0. The Morgan fingerprint density at radius 3 is 2.36 bits per heavy atom. The molecule has 1 heterocycles. The smallest absolute Gasteiger partial charge is 0.0594 e. The summed E-state index contributed by atoms with van der Waals surface area (Å²) in [6.07, 6.45) is 5.82. The monoisotopic (exact) mass is 197 g/mol. The van der Waals surface area contributed by atoms with E-state index in [2.05, 4.69) is 11.8 Å². The first kappa shape index (κ1) is 10.4. The van der Waals surface area contributed by atoms with Crippen LogP contribution >= 0.6 is 0 Å². The lowest BCUT2D eigenvalue weighted by Crippen LogP contribution is -2.40. The van der Waals surface area contributed by atoms with Crippen molar-refractivity contribution in [3.05, 3.63) is 0 Å². The predicted molar refractivity (Wildman–Crippen MR) is 58.4 cm³/mol. The highest BCUT2D eigenvalue weighted by Crippen LogP contribution is 2.28. The summed E-state index contributed by atoms with van der Waals surface area (Å²) in [6, 6.07) is 0. The van der Waals surface area contributed by atoms with Gasteiger partial charge < -0.3 is 4.74 Å². The van der Waals surface area contributed by atoms with E-state index >= 15 is 0 Å². The molecule has 2 aliphatic rings. The Morgan fingerprint density at radius 1 is 1.07 bits per heavy atom.